The van der Waals surface area contributed by atoms with E-state index in [4.69, 9.17) is 14.3 Å². The number of carboxylic acid groups (broad SMARTS) is 1. The number of ether oxygens (including phenoxy) is 1. The van der Waals surface area contributed by atoms with Gasteiger partial charge in [0, 0.05) is 17.0 Å². The van der Waals surface area contributed by atoms with E-state index < -0.39 is 5.97 Å². The van der Waals surface area contributed by atoms with E-state index in [1.165, 1.54) is 23.5 Å². The fourth-order valence-electron chi connectivity index (χ4n) is 1.73. The molecule has 6 nitrogen and oxygen atoms in total. The molecular formula is C14H10N2O4S. The Hall–Kier alpha value is -2.67. The van der Waals surface area contributed by atoms with Crippen molar-refractivity contribution in [2.24, 2.45) is 0 Å². The number of rotatable bonds is 4. The van der Waals surface area contributed by atoms with Crippen molar-refractivity contribution < 1.29 is 19.1 Å². The van der Waals surface area contributed by atoms with Crippen molar-refractivity contribution in [2.75, 3.05) is 7.11 Å². The van der Waals surface area contributed by atoms with Crippen LogP contribution in [-0.4, -0.2) is 28.4 Å². The van der Waals surface area contributed by atoms with Crippen molar-refractivity contribution in [3.05, 3.63) is 41.3 Å². The SMILES string of the molecule is COc1csc(-c2nnc(-c3ccc(C(=O)O)cc3)o2)c1. The summed E-state index contributed by atoms with van der Waals surface area (Å²) in [6.45, 7) is 0. The summed E-state index contributed by atoms with van der Waals surface area (Å²) in [4.78, 5) is 11.6. The summed E-state index contributed by atoms with van der Waals surface area (Å²) >= 11 is 1.44. The van der Waals surface area contributed by atoms with Gasteiger partial charge >= 0.3 is 5.97 Å². The van der Waals surface area contributed by atoms with Gasteiger partial charge in [-0.2, -0.15) is 0 Å². The van der Waals surface area contributed by atoms with Gasteiger partial charge in [-0.25, -0.2) is 4.79 Å². The highest BCUT2D eigenvalue weighted by Gasteiger charge is 2.13. The van der Waals surface area contributed by atoms with Crippen LogP contribution in [0.5, 0.6) is 5.75 Å². The highest BCUT2D eigenvalue weighted by molar-refractivity contribution is 7.13. The summed E-state index contributed by atoms with van der Waals surface area (Å²) in [5.74, 6) is 0.508. The molecule has 0 fully saturated rings. The number of thiophene rings is 1. The van der Waals surface area contributed by atoms with Gasteiger partial charge in [0.15, 0.2) is 0 Å². The average molecular weight is 302 g/mol. The Bertz CT molecular complexity index is 776. The van der Waals surface area contributed by atoms with Gasteiger partial charge in [0.2, 0.25) is 5.89 Å². The first kappa shape index (κ1) is 13.3. The highest BCUT2D eigenvalue weighted by atomic mass is 32.1. The predicted molar refractivity (Wildman–Crippen MR) is 76.6 cm³/mol. The standard InChI is InChI=1S/C14H10N2O4S/c1-19-10-6-11(21-7-10)13-16-15-12(20-13)8-2-4-9(5-3-8)14(17)18/h2-7H,1H3,(H,17,18). The number of hydrogen-bond donors (Lipinski definition) is 1. The summed E-state index contributed by atoms with van der Waals surface area (Å²) in [5, 5.41) is 18.7. The molecule has 2 heterocycles. The van der Waals surface area contributed by atoms with Crippen LogP contribution in [0.2, 0.25) is 0 Å². The maximum atomic E-state index is 10.8. The minimum Gasteiger partial charge on any atom is -0.496 e. The highest BCUT2D eigenvalue weighted by Crippen LogP contribution is 2.31. The Kier molecular flexibility index (Phi) is 3.41. The van der Waals surface area contributed by atoms with Gasteiger partial charge in [-0.05, 0) is 24.3 Å². The average Bonchev–Trinajstić information content (AvgIpc) is 3.16. The van der Waals surface area contributed by atoms with Crippen LogP contribution in [0.1, 0.15) is 10.4 Å². The second-order valence-corrected chi connectivity index (χ2v) is 5.06. The molecule has 0 aliphatic heterocycles. The first-order chi connectivity index (χ1) is 10.2. The van der Waals surface area contributed by atoms with E-state index in [-0.39, 0.29) is 5.56 Å². The van der Waals surface area contributed by atoms with Crippen LogP contribution in [0.4, 0.5) is 0 Å². The van der Waals surface area contributed by atoms with Crippen molar-refractivity contribution in [3.8, 4) is 28.0 Å². The summed E-state index contributed by atoms with van der Waals surface area (Å²) in [6.07, 6.45) is 0. The van der Waals surface area contributed by atoms with E-state index in [1.807, 2.05) is 11.4 Å². The Balaban J connectivity index is 1.88. The number of benzene rings is 1. The van der Waals surface area contributed by atoms with Gasteiger partial charge in [0.25, 0.3) is 5.89 Å². The van der Waals surface area contributed by atoms with Crippen molar-refractivity contribution in [3.63, 3.8) is 0 Å². The minimum absolute atomic E-state index is 0.210. The lowest BCUT2D eigenvalue weighted by Gasteiger charge is -1.96. The molecule has 3 aromatic rings. The topological polar surface area (TPSA) is 85.5 Å². The first-order valence-corrected chi connectivity index (χ1v) is 6.85. The number of nitrogens with zero attached hydrogens (tertiary/aromatic N) is 2. The third kappa shape index (κ3) is 2.63. The smallest absolute Gasteiger partial charge is 0.335 e. The summed E-state index contributed by atoms with van der Waals surface area (Å²) in [5.41, 5.74) is 0.878. The van der Waals surface area contributed by atoms with Crippen LogP contribution in [0, 0.1) is 0 Å². The molecule has 0 atom stereocenters. The molecule has 3 rings (SSSR count). The van der Waals surface area contributed by atoms with Crippen LogP contribution in [-0.2, 0) is 0 Å². The van der Waals surface area contributed by atoms with E-state index in [0.717, 1.165) is 10.6 Å². The molecule has 21 heavy (non-hydrogen) atoms. The summed E-state index contributed by atoms with van der Waals surface area (Å²) in [6, 6.07) is 8.08. The number of aromatic nitrogens is 2. The van der Waals surface area contributed by atoms with E-state index in [1.54, 1.807) is 19.2 Å². The molecule has 0 radical (unpaired) electrons. The van der Waals surface area contributed by atoms with Crippen LogP contribution in [0.3, 0.4) is 0 Å². The molecule has 0 amide bonds. The fourth-order valence-corrected chi connectivity index (χ4v) is 2.51. The van der Waals surface area contributed by atoms with Gasteiger partial charge in [-0.1, -0.05) is 0 Å². The largest absolute Gasteiger partial charge is 0.496 e. The van der Waals surface area contributed by atoms with E-state index >= 15 is 0 Å². The van der Waals surface area contributed by atoms with Gasteiger partial charge in [0.1, 0.15) is 5.75 Å². The zero-order valence-corrected chi connectivity index (χ0v) is 11.8. The van der Waals surface area contributed by atoms with Crippen LogP contribution in [0.25, 0.3) is 22.2 Å². The molecule has 106 valence electrons. The van der Waals surface area contributed by atoms with Crippen molar-refractivity contribution >= 4 is 17.3 Å². The third-order valence-corrected chi connectivity index (χ3v) is 3.72. The lowest BCUT2D eigenvalue weighted by molar-refractivity contribution is 0.0697. The number of methoxy groups -OCH3 is 1. The predicted octanol–water partition coefficient (Wildman–Crippen LogP) is 3.17. The molecule has 0 unspecified atom stereocenters. The molecule has 0 spiro atoms. The van der Waals surface area contributed by atoms with Crippen molar-refractivity contribution in [1.29, 1.82) is 0 Å². The molecule has 0 bridgehead atoms. The maximum absolute atomic E-state index is 10.8. The minimum atomic E-state index is -0.974. The molecule has 0 aliphatic carbocycles. The van der Waals surface area contributed by atoms with Crippen LogP contribution in [0.15, 0.2) is 40.1 Å². The number of hydrogen-bond acceptors (Lipinski definition) is 6. The van der Waals surface area contributed by atoms with Gasteiger partial charge < -0.3 is 14.3 Å². The quantitative estimate of drug-likeness (QED) is 0.796. The summed E-state index contributed by atoms with van der Waals surface area (Å²) in [7, 11) is 1.59. The molecule has 7 heteroatoms. The van der Waals surface area contributed by atoms with Gasteiger partial charge in [-0.3, -0.25) is 0 Å². The first-order valence-electron chi connectivity index (χ1n) is 5.97. The van der Waals surface area contributed by atoms with Gasteiger partial charge in [0.05, 0.1) is 17.6 Å². The number of aromatic carboxylic acids is 1. The zero-order chi connectivity index (χ0) is 14.8. The van der Waals surface area contributed by atoms with Crippen LogP contribution < -0.4 is 4.74 Å². The lowest BCUT2D eigenvalue weighted by atomic mass is 10.1. The number of carboxylic acids is 1. The molecule has 1 aromatic carbocycles. The molecule has 2 aromatic heterocycles. The third-order valence-electron chi connectivity index (χ3n) is 2.83. The molecular weight excluding hydrogens is 292 g/mol. The normalized spacial score (nSPS) is 10.5. The van der Waals surface area contributed by atoms with Crippen molar-refractivity contribution in [2.45, 2.75) is 0 Å². The lowest BCUT2D eigenvalue weighted by Crippen LogP contribution is -1.94. The molecule has 0 saturated carbocycles. The fraction of sp³-hybridized carbons (Fsp3) is 0.0714. The Labute approximate surface area is 123 Å². The monoisotopic (exact) mass is 302 g/mol. The van der Waals surface area contributed by atoms with E-state index in [2.05, 4.69) is 10.2 Å². The second-order valence-electron chi connectivity index (χ2n) is 4.15. The summed E-state index contributed by atoms with van der Waals surface area (Å²) < 4.78 is 10.7. The van der Waals surface area contributed by atoms with Crippen molar-refractivity contribution in [1.82, 2.24) is 10.2 Å². The maximum Gasteiger partial charge on any atom is 0.335 e. The van der Waals surface area contributed by atoms with Gasteiger partial charge in [-0.15, -0.1) is 21.5 Å². The Morgan fingerprint density at radius 2 is 1.95 bits per heavy atom. The Morgan fingerprint density at radius 1 is 1.24 bits per heavy atom. The molecule has 0 aliphatic rings. The Morgan fingerprint density at radius 3 is 2.57 bits per heavy atom. The number of carbonyl (C=O) groups is 1. The molecule has 0 saturated heterocycles. The molecule has 1 N–H and O–H groups in total. The second kappa shape index (κ2) is 5.37. The zero-order valence-electron chi connectivity index (χ0n) is 10.9. The van der Waals surface area contributed by atoms with Crippen LogP contribution >= 0.6 is 11.3 Å². The van der Waals surface area contributed by atoms with E-state index in [0.29, 0.717) is 17.3 Å². The van der Waals surface area contributed by atoms with E-state index in [9.17, 15) is 4.79 Å².